The maximum Gasteiger partial charge on any atom is 0.339 e. The Labute approximate surface area is 130 Å². The van der Waals surface area contributed by atoms with E-state index in [1.54, 1.807) is 6.92 Å². The van der Waals surface area contributed by atoms with E-state index in [2.05, 4.69) is 0 Å². The number of benzene rings is 1. The summed E-state index contributed by atoms with van der Waals surface area (Å²) in [6, 6.07) is 3.88. The topological polar surface area (TPSA) is 48.7 Å². The highest BCUT2D eigenvalue weighted by atomic mass is 16.5. The first kappa shape index (κ1) is 15.1. The number of hydrogen-bond acceptors (Lipinski definition) is 4. The molecule has 0 amide bonds. The summed E-state index contributed by atoms with van der Waals surface area (Å²) in [6.45, 7) is 7.05. The molecule has 2 heterocycles. The Hall–Kier alpha value is -1.81. The number of rotatable bonds is 3. The number of fused-ring (bicyclic) bond motifs is 1. The number of hydrogen-bond donors (Lipinski definition) is 0. The van der Waals surface area contributed by atoms with Crippen molar-refractivity contribution in [3.63, 3.8) is 0 Å². The van der Waals surface area contributed by atoms with Crippen LogP contribution in [-0.2, 0) is 4.74 Å². The monoisotopic (exact) mass is 302 g/mol. The van der Waals surface area contributed by atoms with Crippen LogP contribution in [0.5, 0.6) is 5.75 Å². The molecular formula is C18H22O4. The van der Waals surface area contributed by atoms with Gasteiger partial charge in [-0.15, -0.1) is 0 Å². The summed E-state index contributed by atoms with van der Waals surface area (Å²) < 4.78 is 17.2. The Morgan fingerprint density at radius 1 is 1.18 bits per heavy atom. The fraction of sp³-hybridized carbons (Fsp3) is 0.500. The van der Waals surface area contributed by atoms with Crippen molar-refractivity contribution in [1.29, 1.82) is 0 Å². The molecule has 1 aromatic carbocycles. The van der Waals surface area contributed by atoms with E-state index in [9.17, 15) is 4.79 Å². The Morgan fingerprint density at radius 3 is 2.73 bits per heavy atom. The summed E-state index contributed by atoms with van der Waals surface area (Å²) in [7, 11) is 0. The second kappa shape index (κ2) is 6.13. The van der Waals surface area contributed by atoms with Crippen molar-refractivity contribution in [3.05, 3.63) is 39.2 Å². The van der Waals surface area contributed by atoms with Crippen molar-refractivity contribution in [1.82, 2.24) is 0 Å². The minimum atomic E-state index is -0.280. The van der Waals surface area contributed by atoms with Crippen LogP contribution in [0.15, 0.2) is 21.3 Å². The van der Waals surface area contributed by atoms with E-state index in [1.807, 2.05) is 26.0 Å². The molecule has 1 aliphatic rings. The molecule has 1 saturated heterocycles. The second-order valence-corrected chi connectivity index (χ2v) is 6.08. The Bertz CT molecular complexity index is 739. The third-order valence-corrected chi connectivity index (χ3v) is 4.36. The minimum absolute atomic E-state index is 0.154. The van der Waals surface area contributed by atoms with Crippen molar-refractivity contribution in [2.75, 3.05) is 13.2 Å². The highest BCUT2D eigenvalue weighted by Gasteiger charge is 2.17. The van der Waals surface area contributed by atoms with Gasteiger partial charge in [-0.3, -0.25) is 0 Å². The van der Waals surface area contributed by atoms with E-state index >= 15 is 0 Å². The van der Waals surface area contributed by atoms with Crippen LogP contribution in [-0.4, -0.2) is 19.3 Å². The summed E-state index contributed by atoms with van der Waals surface area (Å²) in [4.78, 5) is 11.9. The highest BCUT2D eigenvalue weighted by Crippen LogP contribution is 2.31. The van der Waals surface area contributed by atoms with Crippen LogP contribution in [0.2, 0.25) is 0 Å². The fourth-order valence-electron chi connectivity index (χ4n) is 2.92. The first-order valence-corrected chi connectivity index (χ1v) is 7.85. The Balaban J connectivity index is 1.97. The molecule has 0 spiro atoms. The molecule has 1 aromatic heterocycles. The first-order valence-electron chi connectivity index (χ1n) is 7.85. The third-order valence-electron chi connectivity index (χ3n) is 4.36. The molecule has 1 atom stereocenters. The zero-order chi connectivity index (χ0) is 15.7. The smallest absolute Gasteiger partial charge is 0.339 e. The van der Waals surface area contributed by atoms with Gasteiger partial charge in [0, 0.05) is 12.2 Å². The van der Waals surface area contributed by atoms with Gasteiger partial charge in [0.2, 0.25) is 0 Å². The molecule has 22 heavy (non-hydrogen) atoms. The van der Waals surface area contributed by atoms with Gasteiger partial charge in [-0.05, 0) is 63.3 Å². The van der Waals surface area contributed by atoms with Gasteiger partial charge in [-0.1, -0.05) is 0 Å². The standard InChI is InChI=1S/C18H22O4/c1-11-8-15(21-10-14-6-4-5-7-20-14)17-12(2)13(3)18(19)22-16(17)9-11/h8-9,14H,4-7,10H2,1-3H3. The summed E-state index contributed by atoms with van der Waals surface area (Å²) in [5, 5.41) is 0.888. The largest absolute Gasteiger partial charge is 0.490 e. The quantitative estimate of drug-likeness (QED) is 0.812. The van der Waals surface area contributed by atoms with Crippen molar-refractivity contribution in [2.24, 2.45) is 0 Å². The summed E-state index contributed by atoms with van der Waals surface area (Å²) in [5.41, 5.74) is 2.88. The van der Waals surface area contributed by atoms with Crippen LogP contribution < -0.4 is 10.4 Å². The molecule has 1 fully saturated rings. The van der Waals surface area contributed by atoms with Gasteiger partial charge in [-0.2, -0.15) is 0 Å². The van der Waals surface area contributed by atoms with Crippen LogP contribution in [0.1, 0.15) is 36.0 Å². The van der Waals surface area contributed by atoms with E-state index in [1.165, 1.54) is 6.42 Å². The molecule has 0 aliphatic carbocycles. The predicted molar refractivity (Wildman–Crippen MR) is 85.8 cm³/mol. The lowest BCUT2D eigenvalue weighted by atomic mass is 10.0. The SMILES string of the molecule is Cc1cc(OCC2CCCCO2)c2c(C)c(C)c(=O)oc2c1. The van der Waals surface area contributed by atoms with Crippen LogP contribution in [0, 0.1) is 20.8 Å². The average Bonchev–Trinajstić information content (AvgIpc) is 2.51. The molecule has 0 N–H and O–H groups in total. The summed E-state index contributed by atoms with van der Waals surface area (Å²) in [5.74, 6) is 0.772. The van der Waals surface area contributed by atoms with Crippen molar-refractivity contribution < 1.29 is 13.9 Å². The van der Waals surface area contributed by atoms with Gasteiger partial charge < -0.3 is 13.9 Å². The van der Waals surface area contributed by atoms with Crippen LogP contribution in [0.3, 0.4) is 0 Å². The molecule has 2 aromatic rings. The van der Waals surface area contributed by atoms with Crippen molar-refractivity contribution >= 4 is 11.0 Å². The first-order chi connectivity index (χ1) is 10.6. The minimum Gasteiger partial charge on any atom is -0.490 e. The third kappa shape index (κ3) is 2.88. The Morgan fingerprint density at radius 2 is 2.00 bits per heavy atom. The van der Waals surface area contributed by atoms with Gasteiger partial charge in [0.25, 0.3) is 0 Å². The van der Waals surface area contributed by atoms with Crippen LogP contribution >= 0.6 is 0 Å². The number of aryl methyl sites for hydroxylation is 2. The van der Waals surface area contributed by atoms with E-state index in [0.717, 1.165) is 41.7 Å². The zero-order valence-corrected chi connectivity index (χ0v) is 13.4. The van der Waals surface area contributed by atoms with E-state index in [4.69, 9.17) is 13.9 Å². The van der Waals surface area contributed by atoms with Gasteiger partial charge in [0.1, 0.15) is 17.9 Å². The van der Waals surface area contributed by atoms with E-state index in [0.29, 0.717) is 17.8 Å². The molecule has 1 unspecified atom stereocenters. The molecule has 0 radical (unpaired) electrons. The maximum absolute atomic E-state index is 11.9. The van der Waals surface area contributed by atoms with E-state index < -0.39 is 0 Å². The van der Waals surface area contributed by atoms with Gasteiger partial charge in [-0.25, -0.2) is 4.79 Å². The van der Waals surface area contributed by atoms with Crippen LogP contribution in [0.25, 0.3) is 11.0 Å². The molecule has 3 rings (SSSR count). The van der Waals surface area contributed by atoms with E-state index in [-0.39, 0.29) is 11.7 Å². The molecule has 1 aliphatic heterocycles. The van der Waals surface area contributed by atoms with Gasteiger partial charge >= 0.3 is 5.63 Å². The van der Waals surface area contributed by atoms with Gasteiger partial charge in [0.15, 0.2) is 0 Å². The molecule has 4 nitrogen and oxygen atoms in total. The molecular weight excluding hydrogens is 280 g/mol. The molecule has 0 saturated carbocycles. The molecule has 4 heteroatoms. The predicted octanol–water partition coefficient (Wildman–Crippen LogP) is 3.67. The molecule has 118 valence electrons. The maximum atomic E-state index is 11.9. The highest BCUT2D eigenvalue weighted by molar-refractivity contribution is 5.88. The lowest BCUT2D eigenvalue weighted by molar-refractivity contribution is -0.0108. The number of ether oxygens (including phenoxy) is 2. The van der Waals surface area contributed by atoms with Crippen LogP contribution in [0.4, 0.5) is 0 Å². The summed E-state index contributed by atoms with van der Waals surface area (Å²) in [6.07, 6.45) is 3.51. The normalized spacial score (nSPS) is 18.6. The fourth-order valence-corrected chi connectivity index (χ4v) is 2.92. The summed E-state index contributed by atoms with van der Waals surface area (Å²) >= 11 is 0. The Kier molecular flexibility index (Phi) is 4.21. The van der Waals surface area contributed by atoms with Gasteiger partial charge in [0.05, 0.1) is 11.5 Å². The second-order valence-electron chi connectivity index (χ2n) is 6.08. The lowest BCUT2D eigenvalue weighted by Crippen LogP contribution is -2.25. The van der Waals surface area contributed by atoms with Crippen molar-refractivity contribution in [3.8, 4) is 5.75 Å². The zero-order valence-electron chi connectivity index (χ0n) is 13.4. The lowest BCUT2D eigenvalue weighted by Gasteiger charge is -2.23. The van der Waals surface area contributed by atoms with Crippen molar-refractivity contribution in [2.45, 2.75) is 46.1 Å². The molecule has 0 bridgehead atoms. The average molecular weight is 302 g/mol.